The van der Waals surface area contributed by atoms with Gasteiger partial charge in [-0.25, -0.2) is 9.97 Å². The molecule has 1 aliphatic carbocycles. The number of benzene rings is 1. The molecule has 0 unspecified atom stereocenters. The highest BCUT2D eigenvalue weighted by molar-refractivity contribution is 14.1. The summed E-state index contributed by atoms with van der Waals surface area (Å²) in [6, 6.07) is 9.80. The number of nitrogens with one attached hydrogen (secondary N) is 1. The van der Waals surface area contributed by atoms with Gasteiger partial charge in [0, 0.05) is 20.9 Å². The molecule has 8 heteroatoms. The first-order valence-electron chi connectivity index (χ1n) is 9.17. The van der Waals surface area contributed by atoms with Crippen LogP contribution in [0.15, 0.2) is 42.9 Å². The average Bonchev–Trinajstić information content (AvgIpc) is 2.94. The van der Waals surface area contributed by atoms with Gasteiger partial charge < -0.3 is 24.8 Å². The Morgan fingerprint density at radius 2 is 1.86 bits per heavy atom. The van der Waals surface area contributed by atoms with Crippen LogP contribution in [0.25, 0.3) is 11.0 Å². The number of aliphatic hydroxyl groups is 2. The van der Waals surface area contributed by atoms with E-state index in [4.69, 9.17) is 4.74 Å². The lowest BCUT2D eigenvalue weighted by Gasteiger charge is -2.26. The van der Waals surface area contributed by atoms with E-state index in [1.165, 1.54) is 6.33 Å². The van der Waals surface area contributed by atoms with Crippen LogP contribution < -0.4 is 5.32 Å². The zero-order valence-corrected chi connectivity index (χ0v) is 17.9. The quantitative estimate of drug-likeness (QED) is 0.487. The number of anilines is 2. The molecule has 0 bridgehead atoms. The Hall–Kier alpha value is -1.75. The number of ether oxygens (including phenoxy) is 1. The number of para-hydroxylation sites is 1. The number of fused-ring (bicyclic) bond motifs is 2. The Bertz CT molecular complexity index is 1090. The molecule has 1 saturated heterocycles. The third-order valence-electron chi connectivity index (χ3n) is 6.56. The Kier molecular flexibility index (Phi) is 3.69. The lowest BCUT2D eigenvalue weighted by Crippen LogP contribution is -2.30. The fourth-order valence-electron chi connectivity index (χ4n) is 4.84. The normalized spacial score (nSPS) is 33.1. The summed E-state index contributed by atoms with van der Waals surface area (Å²) in [4.78, 5) is 8.88. The van der Waals surface area contributed by atoms with E-state index in [1.54, 1.807) is 6.92 Å². The average molecular weight is 492 g/mol. The maximum atomic E-state index is 11.4. The van der Waals surface area contributed by atoms with E-state index in [1.807, 2.05) is 54.9 Å². The third kappa shape index (κ3) is 1.99. The molecule has 1 saturated carbocycles. The topological polar surface area (TPSA) is 92.4 Å². The largest absolute Gasteiger partial charge is 0.383 e. The summed E-state index contributed by atoms with van der Waals surface area (Å²) >= 11 is 2.24. The van der Waals surface area contributed by atoms with E-state index in [-0.39, 0.29) is 0 Å². The van der Waals surface area contributed by atoms with Crippen molar-refractivity contribution in [3.8, 4) is 0 Å². The molecule has 3 heterocycles. The molecule has 3 N–H and O–H groups in total. The van der Waals surface area contributed by atoms with Crippen molar-refractivity contribution in [3.05, 3.63) is 46.4 Å². The summed E-state index contributed by atoms with van der Waals surface area (Å²) in [6.45, 7) is 5.54. The Morgan fingerprint density at radius 1 is 1.14 bits per heavy atom. The van der Waals surface area contributed by atoms with E-state index in [0.717, 1.165) is 14.6 Å². The van der Waals surface area contributed by atoms with E-state index in [2.05, 4.69) is 37.9 Å². The molecule has 146 valence electrons. The molecule has 2 aliphatic rings. The minimum Gasteiger partial charge on any atom is -0.383 e. The molecule has 7 nitrogen and oxygen atoms in total. The van der Waals surface area contributed by atoms with Crippen molar-refractivity contribution < 1.29 is 14.9 Å². The van der Waals surface area contributed by atoms with Crippen molar-refractivity contribution in [2.24, 2.45) is 5.41 Å². The molecular formula is C20H21IN4O3. The van der Waals surface area contributed by atoms with Gasteiger partial charge in [0.05, 0.1) is 11.5 Å². The second-order valence-electron chi connectivity index (χ2n) is 8.08. The van der Waals surface area contributed by atoms with Gasteiger partial charge in [0.2, 0.25) is 0 Å². The van der Waals surface area contributed by atoms with Crippen LogP contribution in [0, 0.1) is 8.99 Å². The summed E-state index contributed by atoms with van der Waals surface area (Å²) in [5.74, 6) is 0.683. The number of hydrogen-bond donors (Lipinski definition) is 3. The first-order valence-corrected chi connectivity index (χ1v) is 10.2. The summed E-state index contributed by atoms with van der Waals surface area (Å²) < 4.78 is 8.76. The van der Waals surface area contributed by atoms with Crippen LogP contribution in [0.5, 0.6) is 0 Å². The fraction of sp³-hybridized carbons (Fsp3) is 0.400. The highest BCUT2D eigenvalue weighted by Gasteiger charge is 2.91. The SMILES string of the molecule is C[C@H]1O[C@@H](n2cc(I)c3c(Nc4ccccc4)ncnc32)[C@@]2(O)C(C)(C)[C@@]12O. The van der Waals surface area contributed by atoms with Crippen LogP contribution in [0.4, 0.5) is 11.5 Å². The molecule has 1 aliphatic heterocycles. The lowest BCUT2D eigenvalue weighted by atomic mass is 10.0. The van der Waals surface area contributed by atoms with Crippen LogP contribution in [-0.2, 0) is 4.74 Å². The fourth-order valence-corrected chi connectivity index (χ4v) is 5.64. The zero-order valence-electron chi connectivity index (χ0n) is 15.7. The van der Waals surface area contributed by atoms with Gasteiger partial charge in [0.1, 0.15) is 29.0 Å². The number of nitrogens with zero attached hydrogens (tertiary/aromatic N) is 3. The van der Waals surface area contributed by atoms with Crippen molar-refractivity contribution in [1.82, 2.24) is 14.5 Å². The van der Waals surface area contributed by atoms with Gasteiger partial charge in [-0.3, -0.25) is 0 Å². The highest BCUT2D eigenvalue weighted by Crippen LogP contribution is 2.75. The molecule has 1 aromatic carbocycles. The molecule has 4 atom stereocenters. The monoisotopic (exact) mass is 492 g/mol. The summed E-state index contributed by atoms with van der Waals surface area (Å²) in [7, 11) is 0. The van der Waals surface area contributed by atoms with Crippen molar-refractivity contribution in [1.29, 1.82) is 0 Å². The summed E-state index contributed by atoms with van der Waals surface area (Å²) in [5, 5.41) is 26.6. The van der Waals surface area contributed by atoms with E-state index in [0.29, 0.717) is 11.5 Å². The Morgan fingerprint density at radius 3 is 2.50 bits per heavy atom. The van der Waals surface area contributed by atoms with Crippen molar-refractivity contribution in [2.75, 3.05) is 5.32 Å². The first kappa shape index (κ1) is 18.3. The van der Waals surface area contributed by atoms with Crippen LogP contribution >= 0.6 is 22.6 Å². The van der Waals surface area contributed by atoms with E-state index in [9.17, 15) is 10.2 Å². The van der Waals surface area contributed by atoms with Crippen molar-refractivity contribution in [2.45, 2.75) is 44.3 Å². The summed E-state index contributed by atoms with van der Waals surface area (Å²) in [5.41, 5.74) is -1.77. The summed E-state index contributed by atoms with van der Waals surface area (Å²) in [6.07, 6.45) is 2.17. The molecular weight excluding hydrogens is 471 g/mol. The van der Waals surface area contributed by atoms with Crippen LogP contribution in [0.3, 0.4) is 0 Å². The van der Waals surface area contributed by atoms with Crippen LogP contribution in [0.2, 0.25) is 0 Å². The Balaban J connectivity index is 1.63. The van der Waals surface area contributed by atoms with Crippen LogP contribution in [0.1, 0.15) is 27.0 Å². The number of halogens is 1. The maximum Gasteiger partial charge on any atom is 0.168 e. The van der Waals surface area contributed by atoms with E-state index >= 15 is 0 Å². The Labute approximate surface area is 175 Å². The van der Waals surface area contributed by atoms with Gasteiger partial charge in [-0.05, 0) is 41.6 Å². The van der Waals surface area contributed by atoms with Crippen molar-refractivity contribution >= 4 is 45.1 Å². The number of hydrogen-bond acceptors (Lipinski definition) is 6. The van der Waals surface area contributed by atoms with Gasteiger partial charge in [0.25, 0.3) is 0 Å². The molecule has 5 rings (SSSR count). The van der Waals surface area contributed by atoms with Gasteiger partial charge in [0.15, 0.2) is 6.23 Å². The molecule has 2 fully saturated rings. The third-order valence-corrected chi connectivity index (χ3v) is 7.37. The van der Waals surface area contributed by atoms with Gasteiger partial charge in [-0.15, -0.1) is 0 Å². The highest BCUT2D eigenvalue weighted by atomic mass is 127. The number of rotatable bonds is 3. The predicted octanol–water partition coefficient (Wildman–Crippen LogP) is 3.20. The molecule has 28 heavy (non-hydrogen) atoms. The minimum absolute atomic E-state index is 0.489. The van der Waals surface area contributed by atoms with Gasteiger partial charge in [-0.1, -0.05) is 32.0 Å². The van der Waals surface area contributed by atoms with Gasteiger partial charge in [-0.2, -0.15) is 0 Å². The number of aromatic nitrogens is 3. The molecule has 2 aromatic heterocycles. The molecule has 0 amide bonds. The standard InChI is InChI=1S/C20H21IN4O3/c1-11-19(26)18(2,3)20(19,27)17(28-11)25-9-13(21)14-15(22-10-23-16(14)25)24-12-7-5-4-6-8-12/h4-11,17,26-27H,1-3H3,(H,22,23,24)/t11-,17-,19+,20-/m1/s1. The smallest absolute Gasteiger partial charge is 0.168 e. The second-order valence-corrected chi connectivity index (χ2v) is 9.25. The first-order chi connectivity index (χ1) is 13.2. The molecule has 0 spiro atoms. The molecule has 0 radical (unpaired) electrons. The maximum absolute atomic E-state index is 11.4. The minimum atomic E-state index is -1.38. The molecule has 3 aromatic rings. The van der Waals surface area contributed by atoms with E-state index < -0.39 is 28.9 Å². The van der Waals surface area contributed by atoms with Crippen molar-refractivity contribution in [3.63, 3.8) is 0 Å². The zero-order chi connectivity index (χ0) is 19.9. The van der Waals surface area contributed by atoms with Gasteiger partial charge >= 0.3 is 0 Å². The predicted molar refractivity (Wildman–Crippen MR) is 113 cm³/mol. The second kappa shape index (κ2) is 5.65. The lowest BCUT2D eigenvalue weighted by molar-refractivity contribution is -0.105. The van der Waals surface area contributed by atoms with Crippen LogP contribution in [-0.4, -0.2) is 42.1 Å².